The Morgan fingerprint density at radius 1 is 1.21 bits per heavy atom. The number of hydrogen-bond donors (Lipinski definition) is 2. The Hall–Kier alpha value is -2.93. The lowest BCUT2D eigenvalue weighted by molar-refractivity contribution is 0.471. The number of para-hydroxylation sites is 2. The molecule has 2 aromatic heterocycles. The van der Waals surface area contributed by atoms with Crippen LogP contribution in [0.1, 0.15) is 5.56 Å². The lowest BCUT2D eigenvalue weighted by atomic mass is 10.2. The predicted octanol–water partition coefficient (Wildman–Crippen LogP) is 3.23. The molecule has 6 nitrogen and oxygen atoms in total. The van der Waals surface area contributed by atoms with E-state index in [1.165, 1.54) is 12.5 Å². The van der Waals surface area contributed by atoms with Gasteiger partial charge in [-0.25, -0.2) is 4.98 Å². The fourth-order valence-electron chi connectivity index (χ4n) is 2.54. The molecule has 24 heavy (non-hydrogen) atoms. The van der Waals surface area contributed by atoms with E-state index in [1.54, 1.807) is 18.2 Å². The summed E-state index contributed by atoms with van der Waals surface area (Å²) in [4.78, 5) is 20.0. The number of phenolic OH excluding ortho intramolecular Hbond substituents is 1. The summed E-state index contributed by atoms with van der Waals surface area (Å²) in [6.45, 7) is 0. The summed E-state index contributed by atoms with van der Waals surface area (Å²) in [5.41, 5.74) is 2.06. The Morgan fingerprint density at radius 3 is 2.92 bits per heavy atom. The predicted molar refractivity (Wildman–Crippen MR) is 96.7 cm³/mol. The van der Waals surface area contributed by atoms with Gasteiger partial charge >= 0.3 is 0 Å². The number of phenols is 1. The van der Waals surface area contributed by atoms with E-state index in [0.29, 0.717) is 21.1 Å². The van der Waals surface area contributed by atoms with Gasteiger partial charge in [0.1, 0.15) is 23.1 Å². The number of H-pyrrole nitrogens is 1. The molecular formula is C17H11BrN4O2. The molecule has 2 aromatic carbocycles. The van der Waals surface area contributed by atoms with Gasteiger partial charge in [0.15, 0.2) is 0 Å². The topological polar surface area (TPSA) is 83.3 Å². The zero-order valence-electron chi connectivity index (χ0n) is 12.3. The summed E-state index contributed by atoms with van der Waals surface area (Å²) in [5.74, 6) is 0.0638. The van der Waals surface area contributed by atoms with Crippen molar-refractivity contribution in [2.45, 2.75) is 0 Å². The van der Waals surface area contributed by atoms with E-state index < -0.39 is 0 Å². The number of nitrogens with zero attached hydrogens (tertiary/aromatic N) is 3. The molecular weight excluding hydrogens is 372 g/mol. The first-order chi connectivity index (χ1) is 11.6. The fourth-order valence-corrected chi connectivity index (χ4v) is 2.92. The molecule has 0 saturated carbocycles. The molecule has 0 aliphatic carbocycles. The number of aromatic nitrogens is 3. The van der Waals surface area contributed by atoms with Gasteiger partial charge in [-0.2, -0.15) is 9.78 Å². The zero-order valence-corrected chi connectivity index (χ0v) is 13.9. The van der Waals surface area contributed by atoms with Crippen LogP contribution in [0.25, 0.3) is 21.9 Å². The van der Waals surface area contributed by atoms with Crippen molar-refractivity contribution in [3.05, 3.63) is 69.2 Å². The molecule has 0 aliphatic heterocycles. The quantitative estimate of drug-likeness (QED) is 0.522. The Labute approximate surface area is 144 Å². The molecule has 0 fully saturated rings. The molecule has 118 valence electrons. The van der Waals surface area contributed by atoms with Gasteiger partial charge < -0.3 is 10.1 Å². The number of fused-ring (bicyclic) bond motifs is 3. The maximum Gasteiger partial charge on any atom is 0.298 e. The lowest BCUT2D eigenvalue weighted by Crippen LogP contribution is -2.17. The van der Waals surface area contributed by atoms with E-state index in [4.69, 9.17) is 0 Å². The van der Waals surface area contributed by atoms with Crippen molar-refractivity contribution in [3.8, 4) is 5.75 Å². The second kappa shape index (κ2) is 5.61. The summed E-state index contributed by atoms with van der Waals surface area (Å²) in [7, 11) is 0. The van der Waals surface area contributed by atoms with Crippen LogP contribution in [0.5, 0.6) is 5.75 Å². The van der Waals surface area contributed by atoms with E-state index in [9.17, 15) is 9.90 Å². The van der Waals surface area contributed by atoms with Gasteiger partial charge in [0.2, 0.25) is 0 Å². The monoisotopic (exact) mass is 382 g/mol. The standard InChI is InChI=1S/C17H11BrN4O2/c18-12-6-3-4-10(16(12)23)8-20-22-9-19-14-11-5-1-2-7-13(11)21-15(14)17(22)24/h1-9,21,23H/b20-8-. The lowest BCUT2D eigenvalue weighted by Gasteiger charge is -2.01. The molecule has 4 rings (SSSR count). The Balaban J connectivity index is 1.84. The van der Waals surface area contributed by atoms with Crippen molar-refractivity contribution in [2.24, 2.45) is 5.10 Å². The molecule has 0 unspecified atom stereocenters. The summed E-state index contributed by atoms with van der Waals surface area (Å²) >= 11 is 3.24. The molecule has 0 aliphatic rings. The second-order valence-corrected chi connectivity index (χ2v) is 6.07. The van der Waals surface area contributed by atoms with Gasteiger partial charge in [-0.15, -0.1) is 0 Å². The second-order valence-electron chi connectivity index (χ2n) is 5.21. The van der Waals surface area contributed by atoms with Crippen LogP contribution in [0.2, 0.25) is 0 Å². The average Bonchev–Trinajstić information content (AvgIpc) is 2.97. The van der Waals surface area contributed by atoms with Crippen LogP contribution >= 0.6 is 15.9 Å². The molecule has 7 heteroatoms. The van der Waals surface area contributed by atoms with E-state index in [1.807, 2.05) is 24.3 Å². The van der Waals surface area contributed by atoms with Crippen LogP contribution in [0.15, 0.2) is 63.2 Å². The maximum atomic E-state index is 12.6. The summed E-state index contributed by atoms with van der Waals surface area (Å²) in [6, 6.07) is 12.8. The molecule has 0 spiro atoms. The highest BCUT2D eigenvalue weighted by Crippen LogP contribution is 2.26. The van der Waals surface area contributed by atoms with Gasteiger partial charge in [-0.1, -0.05) is 24.3 Å². The van der Waals surface area contributed by atoms with Crippen molar-refractivity contribution < 1.29 is 5.11 Å². The molecule has 4 aromatic rings. The van der Waals surface area contributed by atoms with E-state index in [-0.39, 0.29) is 11.3 Å². The Kier molecular flexibility index (Phi) is 3.42. The van der Waals surface area contributed by atoms with Crippen LogP contribution in [0, 0.1) is 0 Å². The van der Waals surface area contributed by atoms with Crippen LogP contribution in [-0.2, 0) is 0 Å². The number of nitrogens with one attached hydrogen (secondary N) is 1. The zero-order chi connectivity index (χ0) is 16.7. The van der Waals surface area contributed by atoms with Crippen molar-refractivity contribution in [1.82, 2.24) is 14.6 Å². The third kappa shape index (κ3) is 2.30. The minimum Gasteiger partial charge on any atom is -0.506 e. The smallest absolute Gasteiger partial charge is 0.298 e. The van der Waals surface area contributed by atoms with Crippen molar-refractivity contribution in [3.63, 3.8) is 0 Å². The van der Waals surface area contributed by atoms with Crippen molar-refractivity contribution >= 4 is 44.1 Å². The summed E-state index contributed by atoms with van der Waals surface area (Å²) < 4.78 is 1.70. The highest BCUT2D eigenvalue weighted by atomic mass is 79.9. The molecule has 0 radical (unpaired) electrons. The number of aromatic hydroxyl groups is 1. The van der Waals surface area contributed by atoms with Gasteiger partial charge in [-0.3, -0.25) is 4.79 Å². The van der Waals surface area contributed by atoms with Crippen LogP contribution in [0.3, 0.4) is 0 Å². The molecule has 2 N–H and O–H groups in total. The Bertz CT molecular complexity index is 1160. The van der Waals surface area contributed by atoms with E-state index in [2.05, 4.69) is 31.0 Å². The average molecular weight is 383 g/mol. The fraction of sp³-hybridized carbons (Fsp3) is 0. The largest absolute Gasteiger partial charge is 0.506 e. The van der Waals surface area contributed by atoms with Crippen molar-refractivity contribution in [1.29, 1.82) is 0 Å². The highest BCUT2D eigenvalue weighted by Gasteiger charge is 2.10. The maximum absolute atomic E-state index is 12.6. The highest BCUT2D eigenvalue weighted by molar-refractivity contribution is 9.10. The Morgan fingerprint density at radius 2 is 2.04 bits per heavy atom. The SMILES string of the molecule is O=c1c2[nH]c3ccccc3c2ncn1/N=C\c1cccc(Br)c1O. The third-order valence-electron chi connectivity index (χ3n) is 3.74. The van der Waals surface area contributed by atoms with E-state index in [0.717, 1.165) is 15.6 Å². The molecule has 0 saturated heterocycles. The number of benzene rings is 2. The van der Waals surface area contributed by atoms with Gasteiger partial charge in [0, 0.05) is 16.5 Å². The molecule has 2 heterocycles. The van der Waals surface area contributed by atoms with Gasteiger partial charge in [0.25, 0.3) is 5.56 Å². The van der Waals surface area contributed by atoms with Crippen LogP contribution in [-0.4, -0.2) is 26.0 Å². The number of rotatable bonds is 2. The van der Waals surface area contributed by atoms with Gasteiger partial charge in [0.05, 0.1) is 10.7 Å². The summed E-state index contributed by atoms with van der Waals surface area (Å²) in [6.07, 6.45) is 2.79. The summed E-state index contributed by atoms with van der Waals surface area (Å²) in [5, 5.41) is 15.0. The normalized spacial score (nSPS) is 11.7. The molecule has 0 bridgehead atoms. The van der Waals surface area contributed by atoms with Crippen molar-refractivity contribution in [2.75, 3.05) is 0 Å². The number of aromatic amines is 1. The van der Waals surface area contributed by atoms with Crippen LogP contribution in [0.4, 0.5) is 0 Å². The minimum absolute atomic E-state index is 0.0638. The number of hydrogen-bond acceptors (Lipinski definition) is 4. The minimum atomic E-state index is -0.304. The first-order valence-corrected chi connectivity index (χ1v) is 7.94. The first kappa shape index (κ1) is 14.6. The van der Waals surface area contributed by atoms with E-state index >= 15 is 0 Å². The molecule has 0 amide bonds. The van der Waals surface area contributed by atoms with Gasteiger partial charge in [-0.05, 0) is 34.1 Å². The number of halogens is 1. The molecule has 0 atom stereocenters. The third-order valence-corrected chi connectivity index (χ3v) is 4.38. The van der Waals surface area contributed by atoms with Crippen LogP contribution < -0.4 is 5.56 Å². The first-order valence-electron chi connectivity index (χ1n) is 7.15.